The number of amidine groups is 1. The van der Waals surface area contributed by atoms with Crippen molar-refractivity contribution >= 4 is 34.6 Å². The van der Waals surface area contributed by atoms with Crippen LogP contribution in [0.25, 0.3) is 6.08 Å². The molecule has 1 aliphatic heterocycles. The van der Waals surface area contributed by atoms with Gasteiger partial charge in [-0.25, -0.2) is 4.99 Å². The zero-order chi connectivity index (χ0) is 23.4. The Morgan fingerprint density at radius 3 is 2.55 bits per heavy atom. The van der Waals surface area contributed by atoms with Crippen LogP contribution in [0.15, 0.2) is 63.6 Å². The standard InChI is InChI=1S/C25H26N4O3S/c1-5-22-27-28-23(32-22)15-33-25-26-21(13-17-9-11-18(12-10-17)16(2)3)24(30)29(25)19-7-6-8-20(14-19)31-4/h6-14,16H,5,15H2,1-4H3/b21-13-. The first-order valence-corrected chi connectivity index (χ1v) is 11.8. The molecule has 0 spiro atoms. The molecule has 0 radical (unpaired) electrons. The Kier molecular flexibility index (Phi) is 6.93. The molecule has 0 unspecified atom stereocenters. The molecule has 0 bridgehead atoms. The molecule has 4 rings (SSSR count). The van der Waals surface area contributed by atoms with Gasteiger partial charge in [-0.15, -0.1) is 10.2 Å². The van der Waals surface area contributed by atoms with Gasteiger partial charge >= 0.3 is 0 Å². The average Bonchev–Trinajstić information content (AvgIpc) is 3.42. The van der Waals surface area contributed by atoms with E-state index in [2.05, 4.69) is 41.2 Å². The third-order valence-corrected chi connectivity index (χ3v) is 6.11. The zero-order valence-corrected chi connectivity index (χ0v) is 19.9. The van der Waals surface area contributed by atoms with Crippen LogP contribution in [0.1, 0.15) is 49.6 Å². The van der Waals surface area contributed by atoms with Crippen molar-refractivity contribution in [1.82, 2.24) is 10.2 Å². The maximum Gasteiger partial charge on any atom is 0.283 e. The minimum absolute atomic E-state index is 0.196. The van der Waals surface area contributed by atoms with Crippen molar-refractivity contribution in [2.45, 2.75) is 38.9 Å². The number of hydrogen-bond donors (Lipinski definition) is 0. The van der Waals surface area contributed by atoms with E-state index in [1.165, 1.54) is 17.3 Å². The quantitative estimate of drug-likeness (QED) is 0.435. The van der Waals surface area contributed by atoms with Gasteiger partial charge in [0.25, 0.3) is 5.91 Å². The lowest BCUT2D eigenvalue weighted by Crippen LogP contribution is -2.30. The highest BCUT2D eigenvalue weighted by atomic mass is 32.2. The average molecular weight is 463 g/mol. The van der Waals surface area contributed by atoms with E-state index < -0.39 is 0 Å². The SMILES string of the molecule is CCc1nnc(CSC2=N/C(=C\c3ccc(C(C)C)cc3)C(=O)N2c2cccc(OC)c2)o1. The Hall–Kier alpha value is -3.39. The molecule has 7 nitrogen and oxygen atoms in total. The van der Waals surface area contributed by atoms with Crippen molar-refractivity contribution in [2.75, 3.05) is 12.0 Å². The second kappa shape index (κ2) is 10.0. The summed E-state index contributed by atoms with van der Waals surface area (Å²) in [5.41, 5.74) is 3.23. The minimum atomic E-state index is -0.196. The van der Waals surface area contributed by atoms with Crippen molar-refractivity contribution < 1.29 is 13.9 Å². The van der Waals surface area contributed by atoms with Gasteiger partial charge in [0.05, 0.1) is 18.6 Å². The number of nitrogens with zero attached hydrogens (tertiary/aromatic N) is 4. The van der Waals surface area contributed by atoms with Gasteiger partial charge in [0.15, 0.2) is 5.17 Å². The second-order valence-corrected chi connectivity index (χ2v) is 8.76. The van der Waals surface area contributed by atoms with E-state index in [0.717, 1.165) is 5.56 Å². The lowest BCUT2D eigenvalue weighted by atomic mass is 10.0. The predicted octanol–water partition coefficient (Wildman–Crippen LogP) is 5.44. The smallest absolute Gasteiger partial charge is 0.283 e. The van der Waals surface area contributed by atoms with Crippen molar-refractivity contribution in [3.63, 3.8) is 0 Å². The molecule has 2 heterocycles. The molecular formula is C25H26N4O3S. The topological polar surface area (TPSA) is 80.8 Å². The molecule has 2 aromatic carbocycles. The number of methoxy groups -OCH3 is 1. The summed E-state index contributed by atoms with van der Waals surface area (Å²) in [6, 6.07) is 15.5. The fraction of sp³-hybridized carbons (Fsp3) is 0.280. The van der Waals surface area contributed by atoms with E-state index in [-0.39, 0.29) is 5.91 Å². The first-order chi connectivity index (χ1) is 16.0. The van der Waals surface area contributed by atoms with Crippen molar-refractivity contribution in [2.24, 2.45) is 4.99 Å². The van der Waals surface area contributed by atoms with Crippen LogP contribution in [-0.2, 0) is 17.0 Å². The van der Waals surface area contributed by atoms with E-state index >= 15 is 0 Å². The number of rotatable bonds is 7. The van der Waals surface area contributed by atoms with E-state index in [0.29, 0.717) is 52.2 Å². The molecule has 1 amide bonds. The van der Waals surface area contributed by atoms with Gasteiger partial charge in [0.2, 0.25) is 11.8 Å². The Balaban J connectivity index is 1.65. The van der Waals surface area contributed by atoms with Gasteiger partial charge in [0.1, 0.15) is 11.4 Å². The monoisotopic (exact) mass is 462 g/mol. The summed E-state index contributed by atoms with van der Waals surface area (Å²) in [4.78, 5) is 19.7. The summed E-state index contributed by atoms with van der Waals surface area (Å²) in [6.07, 6.45) is 2.49. The summed E-state index contributed by atoms with van der Waals surface area (Å²) in [5, 5.41) is 8.63. The number of carbonyl (C=O) groups is 1. The van der Waals surface area contributed by atoms with Crippen molar-refractivity contribution in [3.05, 3.63) is 77.1 Å². The summed E-state index contributed by atoms with van der Waals surface area (Å²) in [7, 11) is 1.60. The molecule has 0 fully saturated rings. The highest BCUT2D eigenvalue weighted by molar-refractivity contribution is 8.13. The van der Waals surface area contributed by atoms with Crippen LogP contribution < -0.4 is 9.64 Å². The molecule has 0 N–H and O–H groups in total. The first kappa shape index (κ1) is 22.8. The van der Waals surface area contributed by atoms with Gasteiger partial charge in [-0.1, -0.05) is 62.9 Å². The predicted molar refractivity (Wildman–Crippen MR) is 131 cm³/mol. The van der Waals surface area contributed by atoms with E-state index in [1.807, 2.05) is 49.4 Å². The van der Waals surface area contributed by atoms with E-state index in [1.54, 1.807) is 12.0 Å². The summed E-state index contributed by atoms with van der Waals surface area (Å²) < 4.78 is 11.0. The normalized spacial score (nSPS) is 14.9. The van der Waals surface area contributed by atoms with Crippen LogP contribution >= 0.6 is 11.8 Å². The Morgan fingerprint density at radius 1 is 1.12 bits per heavy atom. The number of aliphatic imine (C=N–C) groups is 1. The van der Waals surface area contributed by atoms with Crippen LogP contribution in [0, 0.1) is 0 Å². The Morgan fingerprint density at radius 2 is 1.88 bits per heavy atom. The number of thioether (sulfide) groups is 1. The number of ether oxygens (including phenoxy) is 1. The molecule has 0 saturated carbocycles. The summed E-state index contributed by atoms with van der Waals surface area (Å²) in [5.74, 6) is 2.41. The van der Waals surface area contributed by atoms with E-state index in [4.69, 9.17) is 9.15 Å². The van der Waals surface area contributed by atoms with Gasteiger partial charge < -0.3 is 9.15 Å². The van der Waals surface area contributed by atoms with Crippen molar-refractivity contribution in [1.29, 1.82) is 0 Å². The maximum atomic E-state index is 13.4. The maximum absolute atomic E-state index is 13.4. The fourth-order valence-electron chi connectivity index (χ4n) is 3.32. The van der Waals surface area contributed by atoms with Crippen LogP contribution in [0.5, 0.6) is 5.75 Å². The largest absolute Gasteiger partial charge is 0.497 e. The molecule has 1 aliphatic rings. The molecule has 8 heteroatoms. The first-order valence-electron chi connectivity index (χ1n) is 10.8. The number of hydrogen-bond acceptors (Lipinski definition) is 7. The van der Waals surface area contributed by atoms with Crippen LogP contribution in [0.3, 0.4) is 0 Å². The zero-order valence-electron chi connectivity index (χ0n) is 19.1. The van der Waals surface area contributed by atoms with Crippen LogP contribution in [0.2, 0.25) is 0 Å². The van der Waals surface area contributed by atoms with Gasteiger partial charge in [-0.2, -0.15) is 0 Å². The molecule has 0 atom stereocenters. The molecule has 170 valence electrons. The molecule has 3 aromatic rings. The van der Waals surface area contributed by atoms with Gasteiger partial charge in [-0.05, 0) is 35.3 Å². The minimum Gasteiger partial charge on any atom is -0.497 e. The number of anilines is 1. The highest BCUT2D eigenvalue weighted by Crippen LogP contribution is 2.32. The number of amides is 1. The number of aryl methyl sites for hydroxylation is 1. The second-order valence-electron chi connectivity index (χ2n) is 7.82. The van der Waals surface area contributed by atoms with E-state index in [9.17, 15) is 4.79 Å². The molecule has 1 aromatic heterocycles. The Labute approximate surface area is 197 Å². The fourth-order valence-corrected chi connectivity index (χ4v) is 4.17. The highest BCUT2D eigenvalue weighted by Gasteiger charge is 2.32. The molecular weight excluding hydrogens is 436 g/mol. The summed E-state index contributed by atoms with van der Waals surface area (Å²) in [6.45, 7) is 6.26. The molecule has 0 aliphatic carbocycles. The molecule has 33 heavy (non-hydrogen) atoms. The third kappa shape index (κ3) is 5.17. The van der Waals surface area contributed by atoms with Gasteiger partial charge in [0, 0.05) is 12.5 Å². The summed E-state index contributed by atoms with van der Waals surface area (Å²) >= 11 is 1.38. The molecule has 0 saturated heterocycles. The van der Waals surface area contributed by atoms with Crippen molar-refractivity contribution in [3.8, 4) is 5.75 Å². The van der Waals surface area contributed by atoms with Gasteiger partial charge in [-0.3, -0.25) is 9.69 Å². The Bertz CT molecular complexity index is 1200. The number of benzene rings is 2. The van der Waals surface area contributed by atoms with Crippen LogP contribution in [0.4, 0.5) is 5.69 Å². The van der Waals surface area contributed by atoms with Crippen LogP contribution in [-0.4, -0.2) is 28.4 Å². The lowest BCUT2D eigenvalue weighted by Gasteiger charge is -2.18. The lowest BCUT2D eigenvalue weighted by molar-refractivity contribution is -0.113. The number of carbonyl (C=O) groups excluding carboxylic acids is 1. The third-order valence-electron chi connectivity index (χ3n) is 5.18. The number of aromatic nitrogens is 2.